The van der Waals surface area contributed by atoms with Crippen LogP contribution in [0.2, 0.25) is 0 Å². The van der Waals surface area contributed by atoms with Crippen LogP contribution < -0.4 is 10.2 Å². The number of hydrogen-bond donors (Lipinski definition) is 2. The Bertz CT molecular complexity index is 652. The number of aryl methyl sites for hydroxylation is 2. The van der Waals surface area contributed by atoms with Crippen LogP contribution in [0.3, 0.4) is 0 Å². The summed E-state index contributed by atoms with van der Waals surface area (Å²) in [5, 5.41) is 17.5. The molecule has 1 aromatic carbocycles. The number of aliphatic hydroxyl groups excluding tert-OH is 1. The van der Waals surface area contributed by atoms with Gasteiger partial charge >= 0.3 is 0 Å². The molecule has 0 saturated heterocycles. The highest BCUT2D eigenvalue weighted by Gasteiger charge is 2.15. The summed E-state index contributed by atoms with van der Waals surface area (Å²) >= 11 is 0. The van der Waals surface area contributed by atoms with Gasteiger partial charge in [-0.25, -0.2) is 4.39 Å². The highest BCUT2D eigenvalue weighted by atomic mass is 19.1. The first-order chi connectivity index (χ1) is 11.4. The lowest BCUT2D eigenvalue weighted by molar-refractivity contribution is 0.221. The van der Waals surface area contributed by atoms with Gasteiger partial charge in [0.05, 0.1) is 5.69 Å². The summed E-state index contributed by atoms with van der Waals surface area (Å²) in [5.74, 6) is 0.940. The zero-order chi connectivity index (χ0) is 17.7. The van der Waals surface area contributed by atoms with E-state index in [0.717, 1.165) is 23.5 Å². The van der Waals surface area contributed by atoms with Gasteiger partial charge in [-0.15, -0.1) is 0 Å². The van der Waals surface area contributed by atoms with Gasteiger partial charge in [0.15, 0.2) is 0 Å². The van der Waals surface area contributed by atoms with Gasteiger partial charge in [0.1, 0.15) is 11.6 Å². The van der Waals surface area contributed by atoms with Gasteiger partial charge in [-0.1, -0.05) is 12.1 Å². The van der Waals surface area contributed by atoms with Crippen LogP contribution in [0.15, 0.2) is 24.3 Å². The molecule has 2 N–H and O–H groups in total. The maximum atomic E-state index is 13.0. The third-order valence-corrected chi connectivity index (χ3v) is 4.17. The predicted molar refractivity (Wildman–Crippen MR) is 94.7 cm³/mol. The van der Waals surface area contributed by atoms with Crippen molar-refractivity contribution < 1.29 is 9.50 Å². The second-order valence-electron chi connectivity index (χ2n) is 6.42. The molecule has 0 saturated carbocycles. The van der Waals surface area contributed by atoms with Gasteiger partial charge in [-0.3, -0.25) is 4.68 Å². The number of anilines is 1. The number of rotatable bonds is 8. The summed E-state index contributed by atoms with van der Waals surface area (Å²) in [7, 11) is 5.95. The fourth-order valence-corrected chi connectivity index (χ4v) is 3.01. The number of hydrogen-bond acceptors (Lipinski definition) is 4. The SMILES string of the molecule is Cc1nn(C)c(N(C)C)c1CNCC(CO)Cc1ccc(F)cc1. The second-order valence-corrected chi connectivity index (χ2v) is 6.42. The van der Waals surface area contributed by atoms with Crippen molar-refractivity contribution in [2.45, 2.75) is 19.9 Å². The molecular formula is C18H27FN4O. The number of halogens is 1. The van der Waals surface area contributed by atoms with Crippen molar-refractivity contribution in [3.05, 3.63) is 46.9 Å². The molecule has 2 rings (SSSR count). The molecule has 0 fully saturated rings. The Morgan fingerprint density at radius 2 is 1.96 bits per heavy atom. The predicted octanol–water partition coefficient (Wildman–Crippen LogP) is 1.87. The van der Waals surface area contributed by atoms with Crippen molar-refractivity contribution in [1.82, 2.24) is 15.1 Å². The molecule has 0 spiro atoms. The van der Waals surface area contributed by atoms with E-state index in [9.17, 15) is 9.50 Å². The van der Waals surface area contributed by atoms with Gasteiger partial charge in [0, 0.05) is 46.4 Å². The fraction of sp³-hybridized carbons (Fsp3) is 0.500. The highest BCUT2D eigenvalue weighted by Crippen LogP contribution is 2.21. The summed E-state index contributed by atoms with van der Waals surface area (Å²) in [6, 6.07) is 6.46. The van der Waals surface area contributed by atoms with Crippen molar-refractivity contribution in [3.8, 4) is 0 Å². The molecule has 2 aromatic rings. The monoisotopic (exact) mass is 334 g/mol. The standard InChI is InChI=1S/C18H27FN4O/c1-13-17(18(22(2)3)23(4)21-13)11-20-10-15(12-24)9-14-5-7-16(19)8-6-14/h5-8,15,20,24H,9-12H2,1-4H3. The van der Waals surface area contributed by atoms with E-state index in [1.54, 1.807) is 12.1 Å². The van der Waals surface area contributed by atoms with Crippen LogP contribution in [-0.2, 0) is 20.0 Å². The van der Waals surface area contributed by atoms with Gasteiger partial charge in [-0.05, 0) is 37.0 Å². The van der Waals surface area contributed by atoms with Crippen LogP contribution in [0.4, 0.5) is 10.2 Å². The van der Waals surface area contributed by atoms with Crippen LogP contribution in [0.25, 0.3) is 0 Å². The lowest BCUT2D eigenvalue weighted by Gasteiger charge is -2.18. The smallest absolute Gasteiger partial charge is 0.130 e. The lowest BCUT2D eigenvalue weighted by Crippen LogP contribution is -2.27. The lowest BCUT2D eigenvalue weighted by atomic mass is 10.00. The van der Waals surface area contributed by atoms with E-state index in [4.69, 9.17) is 0 Å². The number of nitrogens with zero attached hydrogens (tertiary/aromatic N) is 3. The molecule has 1 heterocycles. The third-order valence-electron chi connectivity index (χ3n) is 4.17. The molecule has 0 aliphatic carbocycles. The highest BCUT2D eigenvalue weighted by molar-refractivity contribution is 5.48. The molecule has 1 unspecified atom stereocenters. The molecule has 0 radical (unpaired) electrons. The minimum atomic E-state index is -0.235. The van der Waals surface area contributed by atoms with Crippen LogP contribution >= 0.6 is 0 Å². The van der Waals surface area contributed by atoms with Gasteiger partial charge < -0.3 is 15.3 Å². The number of aliphatic hydroxyl groups is 1. The van der Waals surface area contributed by atoms with Crippen LogP contribution in [0.5, 0.6) is 0 Å². The van der Waals surface area contributed by atoms with Crippen molar-refractivity contribution in [2.75, 3.05) is 32.1 Å². The zero-order valence-electron chi connectivity index (χ0n) is 14.9. The van der Waals surface area contributed by atoms with Crippen molar-refractivity contribution in [2.24, 2.45) is 13.0 Å². The zero-order valence-corrected chi connectivity index (χ0v) is 14.9. The van der Waals surface area contributed by atoms with Crippen molar-refractivity contribution >= 4 is 5.82 Å². The van der Waals surface area contributed by atoms with Crippen molar-refractivity contribution in [1.29, 1.82) is 0 Å². The summed E-state index contributed by atoms with van der Waals surface area (Å²) < 4.78 is 14.8. The molecule has 0 bridgehead atoms. The maximum Gasteiger partial charge on any atom is 0.130 e. The van der Waals surface area contributed by atoms with E-state index < -0.39 is 0 Å². The first-order valence-electron chi connectivity index (χ1n) is 8.18. The van der Waals surface area contributed by atoms with E-state index in [1.807, 2.05) is 32.7 Å². The quantitative estimate of drug-likeness (QED) is 0.774. The van der Waals surface area contributed by atoms with Crippen molar-refractivity contribution in [3.63, 3.8) is 0 Å². The average molecular weight is 334 g/mol. The van der Waals surface area contributed by atoms with E-state index in [-0.39, 0.29) is 18.3 Å². The largest absolute Gasteiger partial charge is 0.396 e. The second kappa shape index (κ2) is 8.26. The molecule has 1 aromatic heterocycles. The summed E-state index contributed by atoms with van der Waals surface area (Å²) in [4.78, 5) is 2.05. The molecule has 0 aliphatic heterocycles. The van der Waals surface area contributed by atoms with E-state index in [2.05, 4.69) is 15.3 Å². The Kier molecular flexibility index (Phi) is 6.34. The minimum Gasteiger partial charge on any atom is -0.396 e. The summed E-state index contributed by atoms with van der Waals surface area (Å²) in [5.41, 5.74) is 3.21. The topological polar surface area (TPSA) is 53.3 Å². The number of aromatic nitrogens is 2. The van der Waals surface area contributed by atoms with Crippen LogP contribution in [-0.4, -0.2) is 42.1 Å². The normalized spacial score (nSPS) is 12.4. The van der Waals surface area contributed by atoms with Gasteiger partial charge in [-0.2, -0.15) is 5.10 Å². The maximum absolute atomic E-state index is 13.0. The number of benzene rings is 1. The summed E-state index contributed by atoms with van der Waals surface area (Å²) in [6.45, 7) is 3.49. The van der Waals surface area contributed by atoms with E-state index >= 15 is 0 Å². The van der Waals surface area contributed by atoms with Crippen LogP contribution in [0.1, 0.15) is 16.8 Å². The Morgan fingerprint density at radius 3 is 2.54 bits per heavy atom. The van der Waals surface area contributed by atoms with Gasteiger partial charge in [0.2, 0.25) is 0 Å². The average Bonchev–Trinajstić information content (AvgIpc) is 2.82. The Balaban J connectivity index is 1.93. The molecule has 24 heavy (non-hydrogen) atoms. The molecule has 132 valence electrons. The van der Waals surface area contributed by atoms with Crippen LogP contribution in [0, 0.1) is 18.7 Å². The summed E-state index contributed by atoms with van der Waals surface area (Å²) in [6.07, 6.45) is 0.719. The van der Waals surface area contributed by atoms with Gasteiger partial charge in [0.25, 0.3) is 0 Å². The minimum absolute atomic E-state index is 0.0928. The molecule has 1 atom stereocenters. The first kappa shape index (κ1) is 18.4. The first-order valence-corrected chi connectivity index (χ1v) is 8.18. The molecule has 6 heteroatoms. The number of nitrogens with one attached hydrogen (secondary N) is 1. The van der Waals surface area contributed by atoms with E-state index in [1.165, 1.54) is 17.7 Å². The molecular weight excluding hydrogens is 307 g/mol. The molecule has 0 aliphatic rings. The molecule has 0 amide bonds. The Labute approximate surface area is 143 Å². The fourth-order valence-electron chi connectivity index (χ4n) is 3.01. The molecule has 5 nitrogen and oxygen atoms in total. The Morgan fingerprint density at radius 1 is 1.29 bits per heavy atom. The van der Waals surface area contributed by atoms with E-state index in [0.29, 0.717) is 13.1 Å². The Hall–Kier alpha value is -1.92. The third kappa shape index (κ3) is 4.55.